The van der Waals surface area contributed by atoms with Crippen LogP contribution < -0.4 is 10.1 Å². The van der Waals surface area contributed by atoms with Crippen LogP contribution in [0.25, 0.3) is 0 Å². The zero-order valence-electron chi connectivity index (χ0n) is 16.7. The summed E-state index contributed by atoms with van der Waals surface area (Å²) < 4.78 is 5.89. The molecule has 0 bridgehead atoms. The van der Waals surface area contributed by atoms with Crippen LogP contribution in [0.4, 0.5) is 5.82 Å². The van der Waals surface area contributed by atoms with Crippen molar-refractivity contribution in [2.75, 3.05) is 18.5 Å². The summed E-state index contributed by atoms with van der Waals surface area (Å²) in [4.78, 5) is 20.2. The highest BCUT2D eigenvalue weighted by Gasteiger charge is 2.18. The second-order valence-electron chi connectivity index (χ2n) is 7.45. The summed E-state index contributed by atoms with van der Waals surface area (Å²) in [7, 11) is 0. The summed E-state index contributed by atoms with van der Waals surface area (Å²) in [6.07, 6.45) is 5.45. The van der Waals surface area contributed by atoms with Gasteiger partial charge in [0.05, 0.1) is 18.0 Å². The number of anilines is 1. The Morgan fingerprint density at radius 1 is 1.23 bits per heavy atom. The van der Waals surface area contributed by atoms with E-state index in [1.54, 1.807) is 6.20 Å². The summed E-state index contributed by atoms with van der Waals surface area (Å²) in [6, 6.07) is 12.1. The quantitative estimate of drug-likeness (QED) is 0.533. The molecule has 3 heterocycles. The topological polar surface area (TPSA) is 84.3 Å². The van der Waals surface area contributed by atoms with Crippen molar-refractivity contribution in [1.29, 1.82) is 0 Å². The number of pyridine rings is 1. The van der Waals surface area contributed by atoms with Gasteiger partial charge in [-0.1, -0.05) is 18.2 Å². The van der Waals surface area contributed by atoms with Crippen LogP contribution >= 0.6 is 11.3 Å². The number of thiazole rings is 1. The highest BCUT2D eigenvalue weighted by atomic mass is 32.1. The van der Waals surface area contributed by atoms with Gasteiger partial charge in [0, 0.05) is 36.2 Å². The Kier molecular flexibility index (Phi) is 6.59. The first kappa shape index (κ1) is 20.3. The number of rotatable bonds is 9. The maximum Gasteiger partial charge on any atom is 0.304 e. The van der Waals surface area contributed by atoms with Gasteiger partial charge in [0.25, 0.3) is 0 Å². The molecule has 1 atom stereocenters. The van der Waals surface area contributed by atoms with Crippen LogP contribution in [0.2, 0.25) is 0 Å². The normalized spacial score (nSPS) is 13.9. The molecule has 1 aliphatic heterocycles. The maximum atomic E-state index is 11.2. The third-order valence-corrected chi connectivity index (χ3v) is 6.14. The summed E-state index contributed by atoms with van der Waals surface area (Å²) in [5.74, 6) is 0.900. The van der Waals surface area contributed by atoms with Crippen molar-refractivity contribution < 1.29 is 14.6 Å². The SMILES string of the molecule is O=C(O)CC(Cc1ccc(OCCc2ccc3c(n2)NCCC3)cc1)c1nccs1. The van der Waals surface area contributed by atoms with Crippen LogP contribution in [0.15, 0.2) is 48.0 Å². The summed E-state index contributed by atoms with van der Waals surface area (Å²) in [6.45, 7) is 1.55. The van der Waals surface area contributed by atoms with E-state index in [9.17, 15) is 9.90 Å². The minimum Gasteiger partial charge on any atom is -0.493 e. The molecule has 1 aliphatic rings. The number of aryl methyl sites for hydroxylation is 1. The lowest BCUT2D eigenvalue weighted by Crippen LogP contribution is -2.14. The van der Waals surface area contributed by atoms with Crippen molar-refractivity contribution in [3.63, 3.8) is 0 Å². The maximum absolute atomic E-state index is 11.2. The largest absolute Gasteiger partial charge is 0.493 e. The van der Waals surface area contributed by atoms with Crippen LogP contribution in [0.5, 0.6) is 5.75 Å². The molecule has 0 fully saturated rings. The lowest BCUT2D eigenvalue weighted by atomic mass is 9.97. The van der Waals surface area contributed by atoms with Crippen LogP contribution in [-0.2, 0) is 24.1 Å². The predicted molar refractivity (Wildman–Crippen MR) is 118 cm³/mol. The number of ether oxygens (including phenoxy) is 1. The van der Waals surface area contributed by atoms with Crippen LogP contribution in [0.1, 0.15) is 40.6 Å². The number of aliphatic carboxylic acids is 1. The molecule has 0 radical (unpaired) electrons. The van der Waals surface area contributed by atoms with Gasteiger partial charge in [0.1, 0.15) is 11.6 Å². The van der Waals surface area contributed by atoms with Crippen molar-refractivity contribution in [2.24, 2.45) is 0 Å². The average molecular weight is 424 g/mol. The molecule has 2 aromatic heterocycles. The van der Waals surface area contributed by atoms with Gasteiger partial charge >= 0.3 is 5.97 Å². The van der Waals surface area contributed by atoms with Crippen molar-refractivity contribution in [3.05, 3.63) is 69.8 Å². The van der Waals surface area contributed by atoms with Gasteiger partial charge in [0.15, 0.2) is 0 Å². The molecule has 1 unspecified atom stereocenters. The minimum atomic E-state index is -0.804. The zero-order valence-corrected chi connectivity index (χ0v) is 17.5. The Labute approximate surface area is 180 Å². The Bertz CT molecular complexity index is 974. The van der Waals surface area contributed by atoms with E-state index in [0.29, 0.717) is 13.0 Å². The fourth-order valence-corrected chi connectivity index (χ4v) is 4.42. The number of carbonyl (C=O) groups is 1. The Morgan fingerprint density at radius 2 is 2.10 bits per heavy atom. The Morgan fingerprint density at radius 3 is 2.87 bits per heavy atom. The van der Waals surface area contributed by atoms with E-state index in [-0.39, 0.29) is 12.3 Å². The molecule has 1 aromatic carbocycles. The molecule has 0 spiro atoms. The number of carboxylic acids is 1. The van der Waals surface area contributed by atoms with E-state index in [2.05, 4.69) is 22.4 Å². The molecular weight excluding hydrogens is 398 g/mol. The highest BCUT2D eigenvalue weighted by Crippen LogP contribution is 2.27. The summed E-state index contributed by atoms with van der Waals surface area (Å²) in [5, 5.41) is 15.3. The molecular formula is C23H25N3O3S. The summed E-state index contributed by atoms with van der Waals surface area (Å²) >= 11 is 1.50. The van der Waals surface area contributed by atoms with Crippen molar-refractivity contribution in [3.8, 4) is 5.75 Å². The molecule has 4 rings (SSSR count). The molecule has 2 N–H and O–H groups in total. The summed E-state index contributed by atoms with van der Waals surface area (Å²) in [5.41, 5.74) is 3.39. The molecule has 0 amide bonds. The molecule has 156 valence electrons. The van der Waals surface area contributed by atoms with E-state index in [4.69, 9.17) is 9.72 Å². The van der Waals surface area contributed by atoms with Crippen molar-refractivity contribution in [1.82, 2.24) is 9.97 Å². The monoisotopic (exact) mass is 423 g/mol. The standard InChI is InChI=1S/C23H25N3O3S/c27-21(28)15-18(23-25-11-13-30-23)14-16-3-7-20(8-4-16)29-12-9-19-6-5-17-2-1-10-24-22(17)26-19/h3-8,11,13,18H,1-2,9-10,12,14-15H2,(H,24,26)(H,27,28). The lowest BCUT2D eigenvalue weighted by Gasteiger charge is -2.17. The molecule has 0 aliphatic carbocycles. The van der Waals surface area contributed by atoms with Gasteiger partial charge in [-0.05, 0) is 48.6 Å². The number of aromatic nitrogens is 2. The van der Waals surface area contributed by atoms with E-state index in [1.807, 2.05) is 29.6 Å². The third kappa shape index (κ3) is 5.36. The zero-order chi connectivity index (χ0) is 20.8. The van der Waals surface area contributed by atoms with E-state index in [1.165, 1.54) is 16.9 Å². The number of benzene rings is 1. The number of carboxylic acid groups (broad SMARTS) is 1. The van der Waals surface area contributed by atoms with Gasteiger partial charge in [-0.15, -0.1) is 11.3 Å². The number of hydrogen-bond donors (Lipinski definition) is 2. The highest BCUT2D eigenvalue weighted by molar-refractivity contribution is 7.09. The molecule has 0 saturated heterocycles. The van der Waals surface area contributed by atoms with Crippen LogP contribution in [0.3, 0.4) is 0 Å². The molecule has 6 nitrogen and oxygen atoms in total. The number of hydrogen-bond acceptors (Lipinski definition) is 6. The van der Waals surface area contributed by atoms with Gasteiger partial charge in [-0.2, -0.15) is 0 Å². The van der Waals surface area contributed by atoms with E-state index in [0.717, 1.165) is 53.6 Å². The van der Waals surface area contributed by atoms with Gasteiger partial charge in [-0.3, -0.25) is 4.79 Å². The smallest absolute Gasteiger partial charge is 0.304 e. The average Bonchev–Trinajstić information content (AvgIpc) is 3.29. The Hall–Kier alpha value is -2.93. The minimum absolute atomic E-state index is 0.0778. The molecule has 30 heavy (non-hydrogen) atoms. The van der Waals surface area contributed by atoms with Crippen molar-refractivity contribution >= 4 is 23.1 Å². The molecule has 3 aromatic rings. The Balaban J connectivity index is 1.30. The molecule has 7 heteroatoms. The number of nitrogens with zero attached hydrogens (tertiary/aromatic N) is 2. The first-order valence-electron chi connectivity index (χ1n) is 10.2. The second kappa shape index (κ2) is 9.71. The first-order valence-corrected chi connectivity index (χ1v) is 11.1. The fraction of sp³-hybridized carbons (Fsp3) is 0.348. The lowest BCUT2D eigenvalue weighted by molar-refractivity contribution is -0.137. The van der Waals surface area contributed by atoms with Gasteiger partial charge in [0.2, 0.25) is 0 Å². The van der Waals surface area contributed by atoms with Crippen LogP contribution in [0, 0.1) is 0 Å². The predicted octanol–water partition coefficient (Wildman–Crippen LogP) is 4.32. The van der Waals surface area contributed by atoms with Gasteiger partial charge < -0.3 is 15.2 Å². The first-order chi connectivity index (χ1) is 14.7. The third-order valence-electron chi connectivity index (χ3n) is 5.21. The number of fused-ring (bicyclic) bond motifs is 1. The number of nitrogens with one attached hydrogen (secondary N) is 1. The van der Waals surface area contributed by atoms with E-state index < -0.39 is 5.97 Å². The van der Waals surface area contributed by atoms with Crippen molar-refractivity contribution in [2.45, 2.75) is 38.0 Å². The fourth-order valence-electron chi connectivity index (χ4n) is 3.68. The molecule has 0 saturated carbocycles. The van der Waals surface area contributed by atoms with E-state index >= 15 is 0 Å². The van der Waals surface area contributed by atoms with Crippen LogP contribution in [-0.4, -0.2) is 34.2 Å². The second-order valence-corrected chi connectivity index (χ2v) is 8.38. The van der Waals surface area contributed by atoms with Gasteiger partial charge in [-0.25, -0.2) is 9.97 Å².